The lowest BCUT2D eigenvalue weighted by Gasteiger charge is -2.22. The number of benzene rings is 2. The average Bonchev–Trinajstić information content (AvgIpc) is 3.37. The highest BCUT2D eigenvalue weighted by molar-refractivity contribution is 7.89. The average molecular weight is 520 g/mol. The summed E-state index contributed by atoms with van der Waals surface area (Å²) in [5, 5.41) is 4.19. The second kappa shape index (κ2) is 10.6. The summed E-state index contributed by atoms with van der Waals surface area (Å²) >= 11 is 0. The van der Waals surface area contributed by atoms with Gasteiger partial charge in [-0.25, -0.2) is 8.42 Å². The Morgan fingerprint density at radius 2 is 1.73 bits per heavy atom. The lowest BCUT2D eigenvalue weighted by molar-refractivity contribution is 0.354. The van der Waals surface area contributed by atoms with Crippen LogP contribution >= 0.6 is 0 Å². The molecule has 0 aliphatic carbocycles. The Morgan fingerprint density at radius 3 is 2.46 bits per heavy atom. The van der Waals surface area contributed by atoms with Gasteiger partial charge in [-0.1, -0.05) is 18.2 Å². The molecule has 1 aliphatic heterocycles. The summed E-state index contributed by atoms with van der Waals surface area (Å²) in [7, 11) is -1.51. The molecule has 2 aromatic heterocycles. The molecule has 2 aromatic carbocycles. The summed E-state index contributed by atoms with van der Waals surface area (Å²) in [6, 6.07) is 15.5. The van der Waals surface area contributed by atoms with E-state index in [1.54, 1.807) is 25.5 Å². The first-order valence-corrected chi connectivity index (χ1v) is 14.8. The van der Waals surface area contributed by atoms with Crippen molar-refractivity contribution in [3.63, 3.8) is 0 Å². The Hall–Kier alpha value is -3.36. The van der Waals surface area contributed by atoms with Crippen LogP contribution in [0.1, 0.15) is 30.4 Å². The van der Waals surface area contributed by atoms with Gasteiger partial charge in [0.2, 0.25) is 0 Å². The molecule has 0 saturated carbocycles. The van der Waals surface area contributed by atoms with Gasteiger partial charge in [0.1, 0.15) is 17.0 Å². The van der Waals surface area contributed by atoms with E-state index in [0.717, 1.165) is 41.9 Å². The number of sulfone groups is 1. The first kappa shape index (κ1) is 25.3. The monoisotopic (exact) mass is 519 g/mol. The second-order valence-electron chi connectivity index (χ2n) is 10.1. The minimum Gasteiger partial charge on any atom is -0.457 e. The fourth-order valence-corrected chi connectivity index (χ4v) is 5.93. The van der Waals surface area contributed by atoms with Gasteiger partial charge in [-0.15, -0.1) is 0 Å². The predicted molar refractivity (Wildman–Crippen MR) is 148 cm³/mol. The highest BCUT2D eigenvalue weighted by Gasteiger charge is 2.17. The normalized spacial score (nSPS) is 14.8. The second-order valence-corrected chi connectivity index (χ2v) is 12.2. The third-order valence-electron chi connectivity index (χ3n) is 7.11. The van der Waals surface area contributed by atoms with Crippen molar-refractivity contribution in [2.45, 2.75) is 31.4 Å². The molecule has 0 unspecified atom stereocenters. The van der Waals surface area contributed by atoms with Crippen molar-refractivity contribution in [2.24, 2.45) is 13.0 Å². The van der Waals surface area contributed by atoms with E-state index in [9.17, 15) is 13.2 Å². The van der Waals surface area contributed by atoms with Gasteiger partial charge >= 0.3 is 0 Å². The Kier molecular flexibility index (Phi) is 7.22. The number of rotatable bonds is 8. The molecule has 0 bridgehead atoms. The van der Waals surface area contributed by atoms with Gasteiger partial charge < -0.3 is 19.6 Å². The number of aryl methyl sites for hydroxylation is 2. The molecule has 0 atom stereocenters. The first-order chi connectivity index (χ1) is 17.8. The highest BCUT2D eigenvalue weighted by atomic mass is 32.2. The quantitative estimate of drug-likeness (QED) is 0.349. The third kappa shape index (κ3) is 5.97. The number of hydrogen-bond acceptors (Lipinski definition) is 5. The fraction of sp³-hybridized carbons (Fsp3) is 0.345. The summed E-state index contributed by atoms with van der Waals surface area (Å²) < 4.78 is 31.9. The van der Waals surface area contributed by atoms with E-state index in [1.807, 2.05) is 30.3 Å². The van der Waals surface area contributed by atoms with Gasteiger partial charge in [0.15, 0.2) is 9.84 Å². The number of pyridine rings is 1. The molecular weight excluding hydrogens is 486 g/mol. The maximum Gasteiger partial charge on any atom is 0.274 e. The van der Waals surface area contributed by atoms with Crippen LogP contribution < -0.4 is 15.6 Å². The van der Waals surface area contributed by atoms with Crippen LogP contribution in [0.2, 0.25) is 0 Å². The van der Waals surface area contributed by atoms with Crippen LogP contribution in [-0.4, -0.2) is 37.3 Å². The predicted octanol–water partition coefficient (Wildman–Crippen LogP) is 4.80. The summed E-state index contributed by atoms with van der Waals surface area (Å²) in [6.07, 6.45) is 9.49. The van der Waals surface area contributed by atoms with E-state index >= 15 is 0 Å². The van der Waals surface area contributed by atoms with Crippen LogP contribution in [0.3, 0.4) is 0 Å². The standard InChI is InChI=1S/C29H33N3O4S/c1-32-18-26(24-13-16-31-28(24)29(32)33)25-17-22(19-37(2,34)35)7-10-27(25)36-23-8-5-20(6-9-23)3-4-21-11-14-30-15-12-21/h5-10,13,16-18,21,30-31H,3-4,11-12,14-15,19H2,1-2H3. The molecule has 0 spiro atoms. The van der Waals surface area contributed by atoms with Crippen LogP contribution in [0.25, 0.3) is 22.0 Å². The number of aromatic nitrogens is 2. The van der Waals surface area contributed by atoms with E-state index < -0.39 is 9.84 Å². The van der Waals surface area contributed by atoms with Crippen molar-refractivity contribution in [3.05, 3.63) is 82.4 Å². The van der Waals surface area contributed by atoms with Gasteiger partial charge in [-0.05, 0) is 86.1 Å². The topological polar surface area (TPSA) is 93.2 Å². The van der Waals surface area contributed by atoms with Crippen LogP contribution in [-0.2, 0) is 29.1 Å². The number of fused-ring (bicyclic) bond motifs is 1. The summed E-state index contributed by atoms with van der Waals surface area (Å²) in [5.41, 5.74) is 3.85. The number of hydrogen-bond donors (Lipinski definition) is 2. The van der Waals surface area contributed by atoms with Gasteiger partial charge in [-0.2, -0.15) is 0 Å². The van der Waals surface area contributed by atoms with E-state index in [1.165, 1.54) is 35.6 Å². The Labute approximate surface area is 217 Å². The maximum absolute atomic E-state index is 12.6. The van der Waals surface area contributed by atoms with Gasteiger partial charge in [0.25, 0.3) is 5.56 Å². The van der Waals surface area contributed by atoms with Crippen molar-refractivity contribution >= 4 is 20.7 Å². The van der Waals surface area contributed by atoms with E-state index in [2.05, 4.69) is 22.4 Å². The van der Waals surface area contributed by atoms with Crippen molar-refractivity contribution in [3.8, 4) is 22.6 Å². The van der Waals surface area contributed by atoms with Crippen molar-refractivity contribution < 1.29 is 13.2 Å². The van der Waals surface area contributed by atoms with Gasteiger partial charge in [0, 0.05) is 42.2 Å². The number of ether oxygens (including phenoxy) is 1. The third-order valence-corrected chi connectivity index (χ3v) is 7.97. The molecule has 0 radical (unpaired) electrons. The lowest BCUT2D eigenvalue weighted by Crippen LogP contribution is -2.27. The van der Waals surface area contributed by atoms with Crippen LogP contribution in [0.15, 0.2) is 65.7 Å². The fourth-order valence-electron chi connectivity index (χ4n) is 5.15. The van der Waals surface area contributed by atoms with Crippen LogP contribution in [0, 0.1) is 5.92 Å². The minimum atomic E-state index is -3.22. The SMILES string of the molecule is Cn1cc(-c2cc(CS(C)(=O)=O)ccc2Oc2ccc(CCC3CCNCC3)cc2)c2cc[nH]c2c1=O. The Bertz CT molecular complexity index is 1560. The summed E-state index contributed by atoms with van der Waals surface area (Å²) in [5.74, 6) is 2.02. The summed E-state index contributed by atoms with van der Waals surface area (Å²) in [6.45, 7) is 2.24. The molecule has 4 aromatic rings. The molecule has 194 valence electrons. The van der Waals surface area contributed by atoms with E-state index in [0.29, 0.717) is 22.6 Å². The molecule has 7 nitrogen and oxygen atoms in total. The van der Waals surface area contributed by atoms with Gasteiger partial charge in [-0.3, -0.25) is 4.79 Å². The zero-order valence-electron chi connectivity index (χ0n) is 21.3. The molecule has 1 fully saturated rings. The number of nitrogens with one attached hydrogen (secondary N) is 2. The van der Waals surface area contributed by atoms with Crippen molar-refractivity contribution in [1.82, 2.24) is 14.9 Å². The minimum absolute atomic E-state index is 0.0753. The van der Waals surface area contributed by atoms with Gasteiger partial charge in [0.05, 0.1) is 5.75 Å². The maximum atomic E-state index is 12.6. The van der Waals surface area contributed by atoms with Crippen LogP contribution in [0.5, 0.6) is 11.5 Å². The number of H-pyrrole nitrogens is 1. The molecule has 5 rings (SSSR count). The number of nitrogens with zero attached hydrogens (tertiary/aromatic N) is 1. The number of piperidine rings is 1. The zero-order valence-corrected chi connectivity index (χ0v) is 22.1. The van der Waals surface area contributed by atoms with Crippen LogP contribution in [0.4, 0.5) is 0 Å². The smallest absolute Gasteiger partial charge is 0.274 e. The number of aromatic amines is 1. The van der Waals surface area contributed by atoms with E-state index in [-0.39, 0.29) is 11.3 Å². The summed E-state index contributed by atoms with van der Waals surface area (Å²) in [4.78, 5) is 15.6. The van der Waals surface area contributed by atoms with E-state index in [4.69, 9.17) is 4.74 Å². The molecule has 0 amide bonds. The van der Waals surface area contributed by atoms with Crippen molar-refractivity contribution in [1.29, 1.82) is 0 Å². The Balaban J connectivity index is 1.45. The Morgan fingerprint density at radius 1 is 1.00 bits per heavy atom. The molecule has 3 heterocycles. The first-order valence-electron chi connectivity index (χ1n) is 12.7. The largest absolute Gasteiger partial charge is 0.457 e. The highest BCUT2D eigenvalue weighted by Crippen LogP contribution is 2.37. The lowest BCUT2D eigenvalue weighted by atomic mass is 9.91. The molecule has 8 heteroatoms. The molecule has 2 N–H and O–H groups in total. The molecule has 1 aliphatic rings. The zero-order chi connectivity index (χ0) is 26.0. The molecular formula is C29H33N3O4S. The van der Waals surface area contributed by atoms with Crippen molar-refractivity contribution in [2.75, 3.05) is 19.3 Å². The molecule has 1 saturated heterocycles. The molecule has 37 heavy (non-hydrogen) atoms.